The molecule has 1 aromatic carbocycles. The van der Waals surface area contributed by atoms with Crippen LogP contribution in [0.5, 0.6) is 0 Å². The number of hydrogen-bond donors (Lipinski definition) is 1. The van der Waals surface area contributed by atoms with Gasteiger partial charge in [-0.3, -0.25) is 0 Å². The van der Waals surface area contributed by atoms with Crippen molar-refractivity contribution < 1.29 is 9.15 Å². The van der Waals surface area contributed by atoms with Gasteiger partial charge in [-0.2, -0.15) is 4.98 Å². The van der Waals surface area contributed by atoms with Crippen LogP contribution in [0.15, 0.2) is 33.5 Å². The fraction of sp³-hybridized carbons (Fsp3) is 0.552. The molecule has 212 valence electrons. The van der Waals surface area contributed by atoms with Gasteiger partial charge in [-0.15, -0.1) is 5.10 Å². The third-order valence-electron chi connectivity index (χ3n) is 8.72. The van der Waals surface area contributed by atoms with Gasteiger partial charge in [0.15, 0.2) is 5.65 Å². The molecule has 10 nitrogen and oxygen atoms in total. The van der Waals surface area contributed by atoms with Gasteiger partial charge in [0.05, 0.1) is 11.6 Å². The van der Waals surface area contributed by atoms with Crippen LogP contribution in [0.1, 0.15) is 59.3 Å². The van der Waals surface area contributed by atoms with Gasteiger partial charge in [0, 0.05) is 30.8 Å². The second-order valence-corrected chi connectivity index (χ2v) is 12.2. The van der Waals surface area contributed by atoms with Crippen LogP contribution in [0.3, 0.4) is 0 Å². The summed E-state index contributed by atoms with van der Waals surface area (Å²) >= 11 is 6.44. The van der Waals surface area contributed by atoms with E-state index in [4.69, 9.17) is 35.7 Å². The van der Waals surface area contributed by atoms with Gasteiger partial charge in [0.25, 0.3) is 5.89 Å². The van der Waals surface area contributed by atoms with Crippen LogP contribution < -0.4 is 10.7 Å². The number of aromatic nitrogens is 6. The van der Waals surface area contributed by atoms with Gasteiger partial charge in [0.1, 0.15) is 11.2 Å². The number of fused-ring (bicyclic) bond motifs is 1. The number of anilines is 1. The number of imidazole rings is 1. The molecule has 1 saturated heterocycles. The van der Waals surface area contributed by atoms with Crippen molar-refractivity contribution in [2.24, 2.45) is 11.8 Å². The third-order valence-corrected chi connectivity index (χ3v) is 8.96. The van der Waals surface area contributed by atoms with E-state index in [1.165, 1.54) is 25.7 Å². The Morgan fingerprint density at radius 1 is 1.15 bits per heavy atom. The summed E-state index contributed by atoms with van der Waals surface area (Å²) in [7, 11) is 1.77. The first-order valence-corrected chi connectivity index (χ1v) is 14.5. The number of benzene rings is 1. The SMILES string of the molecule is COC(C)(C)C1CCCN1c1nc2nc(-c3n[nH]c(=O)o3)nc(-c3cccc(Cl)c3)c2n1C[C@H]1CC[C@H](C)CC1. The first-order valence-electron chi connectivity index (χ1n) is 14.2. The molecule has 0 radical (unpaired) electrons. The number of hydrogen-bond acceptors (Lipinski definition) is 8. The van der Waals surface area contributed by atoms with Crippen LogP contribution in [0.25, 0.3) is 34.1 Å². The summed E-state index contributed by atoms with van der Waals surface area (Å²) in [4.78, 5) is 29.0. The van der Waals surface area contributed by atoms with Crippen LogP contribution in [-0.2, 0) is 11.3 Å². The summed E-state index contributed by atoms with van der Waals surface area (Å²) in [5, 5.41) is 6.90. The normalized spacial score (nSPS) is 21.9. The topological polar surface area (TPSA) is 115 Å². The van der Waals surface area contributed by atoms with Crippen LogP contribution in [0.4, 0.5) is 5.95 Å². The number of nitrogens with one attached hydrogen (secondary N) is 1. The fourth-order valence-corrected chi connectivity index (χ4v) is 6.50. The Labute approximate surface area is 238 Å². The average molecular weight is 566 g/mol. The number of H-pyrrole nitrogens is 1. The van der Waals surface area contributed by atoms with Crippen LogP contribution in [0, 0.1) is 11.8 Å². The lowest BCUT2D eigenvalue weighted by molar-refractivity contribution is 0.00151. The van der Waals surface area contributed by atoms with E-state index >= 15 is 0 Å². The number of ether oxygens (including phenoxy) is 1. The predicted octanol–water partition coefficient (Wildman–Crippen LogP) is 5.71. The van der Waals surface area contributed by atoms with Gasteiger partial charge in [-0.05, 0) is 63.5 Å². The molecule has 2 aliphatic rings. The maximum Gasteiger partial charge on any atom is 0.434 e. The van der Waals surface area contributed by atoms with E-state index in [2.05, 4.69) is 40.4 Å². The van der Waals surface area contributed by atoms with E-state index in [-0.39, 0.29) is 23.4 Å². The number of aromatic amines is 1. The first kappa shape index (κ1) is 27.0. The molecule has 6 rings (SSSR count). The molecule has 0 spiro atoms. The van der Waals surface area contributed by atoms with E-state index in [0.717, 1.165) is 48.9 Å². The number of methoxy groups -OCH3 is 1. The van der Waals surface area contributed by atoms with E-state index in [1.807, 2.05) is 24.3 Å². The van der Waals surface area contributed by atoms with Crippen LogP contribution in [-0.4, -0.2) is 55.0 Å². The lowest BCUT2D eigenvalue weighted by Gasteiger charge is -2.37. The van der Waals surface area contributed by atoms with Gasteiger partial charge >= 0.3 is 5.76 Å². The highest BCUT2D eigenvalue weighted by atomic mass is 35.5. The maximum atomic E-state index is 11.8. The monoisotopic (exact) mass is 565 g/mol. The largest absolute Gasteiger partial charge is 0.434 e. The Bertz CT molecular complexity index is 1570. The molecule has 1 N–H and O–H groups in total. The Kier molecular flexibility index (Phi) is 7.16. The third kappa shape index (κ3) is 5.03. The van der Waals surface area contributed by atoms with Crippen molar-refractivity contribution in [3.63, 3.8) is 0 Å². The Balaban J connectivity index is 1.58. The number of halogens is 1. The molecule has 2 fully saturated rings. The van der Waals surface area contributed by atoms with Gasteiger partial charge < -0.3 is 18.6 Å². The standard InChI is InChI=1S/C29H36ClN7O3/c1-17-10-12-18(13-11-17)16-37-23-22(19-7-5-8-20(30)15-19)31-25(26-34-35-28(38)40-26)32-24(23)33-27(37)36-14-6-9-21(36)29(2,3)39-4/h5,7-8,15,17-18,21H,6,9-14,16H2,1-4H3,(H,35,38)/t17-,18-,21?. The lowest BCUT2D eigenvalue weighted by Crippen LogP contribution is -2.48. The molecule has 1 unspecified atom stereocenters. The number of rotatable bonds is 7. The molecule has 1 aliphatic carbocycles. The molecule has 40 heavy (non-hydrogen) atoms. The van der Waals surface area contributed by atoms with Gasteiger partial charge in [0.2, 0.25) is 11.8 Å². The molecule has 11 heteroatoms. The minimum Gasteiger partial charge on any atom is -0.384 e. The molecular formula is C29H36ClN7O3. The number of nitrogens with zero attached hydrogens (tertiary/aromatic N) is 6. The Morgan fingerprint density at radius 3 is 2.65 bits per heavy atom. The highest BCUT2D eigenvalue weighted by molar-refractivity contribution is 6.30. The van der Waals surface area contributed by atoms with Crippen molar-refractivity contribution in [3.8, 4) is 23.0 Å². The molecule has 3 aromatic heterocycles. The van der Waals surface area contributed by atoms with Crippen molar-refractivity contribution in [2.75, 3.05) is 18.6 Å². The quantitative estimate of drug-likeness (QED) is 0.303. The molecule has 0 bridgehead atoms. The second kappa shape index (κ2) is 10.6. The zero-order valence-electron chi connectivity index (χ0n) is 23.5. The fourth-order valence-electron chi connectivity index (χ4n) is 6.31. The summed E-state index contributed by atoms with van der Waals surface area (Å²) in [5.41, 5.74) is 2.53. The molecular weight excluding hydrogens is 530 g/mol. The summed E-state index contributed by atoms with van der Waals surface area (Å²) < 4.78 is 13.5. The Hall–Kier alpha value is -3.24. The Morgan fingerprint density at radius 2 is 1.95 bits per heavy atom. The van der Waals surface area contributed by atoms with E-state index in [9.17, 15) is 4.79 Å². The van der Waals surface area contributed by atoms with E-state index < -0.39 is 5.76 Å². The lowest BCUT2D eigenvalue weighted by atomic mass is 9.83. The molecule has 4 heterocycles. The molecule has 0 amide bonds. The molecule has 1 saturated carbocycles. The summed E-state index contributed by atoms with van der Waals surface area (Å²) in [5.74, 6) is 1.71. The molecule has 1 aliphatic heterocycles. The zero-order chi connectivity index (χ0) is 28.0. The van der Waals surface area contributed by atoms with Crippen molar-refractivity contribution in [1.82, 2.24) is 29.7 Å². The first-order chi connectivity index (χ1) is 19.2. The van der Waals surface area contributed by atoms with Crippen molar-refractivity contribution >= 4 is 28.7 Å². The summed E-state index contributed by atoms with van der Waals surface area (Å²) in [6.45, 7) is 8.32. The second-order valence-electron chi connectivity index (χ2n) is 11.8. The summed E-state index contributed by atoms with van der Waals surface area (Å²) in [6, 6.07) is 7.77. The average Bonchev–Trinajstić information content (AvgIpc) is 3.68. The summed E-state index contributed by atoms with van der Waals surface area (Å²) in [6.07, 6.45) is 6.89. The highest BCUT2D eigenvalue weighted by Gasteiger charge is 2.40. The molecule has 4 aromatic rings. The maximum absolute atomic E-state index is 11.8. The minimum atomic E-state index is -0.664. The van der Waals surface area contributed by atoms with Crippen molar-refractivity contribution in [1.29, 1.82) is 0 Å². The van der Waals surface area contributed by atoms with E-state index in [0.29, 0.717) is 22.3 Å². The van der Waals surface area contributed by atoms with Gasteiger partial charge in [-0.1, -0.05) is 43.5 Å². The smallest absolute Gasteiger partial charge is 0.384 e. The van der Waals surface area contributed by atoms with Gasteiger partial charge in [-0.25, -0.2) is 19.9 Å². The van der Waals surface area contributed by atoms with E-state index in [1.54, 1.807) is 7.11 Å². The van der Waals surface area contributed by atoms with Crippen LogP contribution in [0.2, 0.25) is 5.02 Å². The molecule has 1 atom stereocenters. The van der Waals surface area contributed by atoms with Crippen molar-refractivity contribution in [3.05, 3.63) is 39.8 Å². The van der Waals surface area contributed by atoms with Crippen LogP contribution >= 0.6 is 11.6 Å². The van der Waals surface area contributed by atoms with Crippen molar-refractivity contribution in [2.45, 2.75) is 77.5 Å². The highest BCUT2D eigenvalue weighted by Crippen LogP contribution is 2.39. The zero-order valence-corrected chi connectivity index (χ0v) is 24.2. The minimum absolute atomic E-state index is 0.0205. The predicted molar refractivity (Wildman–Crippen MR) is 154 cm³/mol.